The first-order chi connectivity index (χ1) is 7.09. The van der Waals surface area contributed by atoms with Crippen LogP contribution in [0, 0.1) is 0 Å². The van der Waals surface area contributed by atoms with Gasteiger partial charge in [0.2, 0.25) is 0 Å². The van der Waals surface area contributed by atoms with Gasteiger partial charge in [0.05, 0.1) is 17.4 Å². The molecule has 0 aliphatic heterocycles. The molecule has 2 aromatic rings. The van der Waals surface area contributed by atoms with Crippen molar-refractivity contribution in [2.75, 3.05) is 5.73 Å². The molecule has 0 aliphatic rings. The number of nitrogen functional groups attached to an aromatic ring is 1. The first kappa shape index (κ1) is 10.4. The lowest BCUT2D eigenvalue weighted by Gasteiger charge is -2.12. The zero-order valence-electron chi connectivity index (χ0n) is 8.79. The van der Waals surface area contributed by atoms with Crippen LogP contribution in [0.2, 0.25) is 0 Å². The first-order valence-corrected chi connectivity index (χ1v) is 5.72. The lowest BCUT2D eigenvalue weighted by Crippen LogP contribution is -1.99. The Balaban J connectivity index is 2.84. The summed E-state index contributed by atoms with van der Waals surface area (Å²) in [6.45, 7) is 4.29. The van der Waals surface area contributed by atoms with E-state index in [1.165, 1.54) is 5.56 Å². The molecule has 0 atom stereocenters. The van der Waals surface area contributed by atoms with Gasteiger partial charge < -0.3 is 5.73 Å². The number of aromatic nitrogens is 1. The number of halogens is 1. The van der Waals surface area contributed by atoms with Crippen LogP contribution in [0.3, 0.4) is 0 Å². The van der Waals surface area contributed by atoms with Crippen molar-refractivity contribution in [2.24, 2.45) is 0 Å². The molecule has 0 fully saturated rings. The summed E-state index contributed by atoms with van der Waals surface area (Å²) in [6, 6.07) is 6.08. The van der Waals surface area contributed by atoms with Crippen molar-refractivity contribution in [1.29, 1.82) is 0 Å². The number of pyridine rings is 1. The molecule has 1 aromatic carbocycles. The Labute approximate surface area is 97.6 Å². The van der Waals surface area contributed by atoms with Crippen LogP contribution in [0.5, 0.6) is 0 Å². The number of benzene rings is 1. The second-order valence-electron chi connectivity index (χ2n) is 3.94. The summed E-state index contributed by atoms with van der Waals surface area (Å²) >= 11 is 3.47. The van der Waals surface area contributed by atoms with Gasteiger partial charge in [0, 0.05) is 9.86 Å². The van der Waals surface area contributed by atoms with E-state index in [0.29, 0.717) is 5.92 Å². The Morgan fingerprint density at radius 3 is 2.73 bits per heavy atom. The third-order valence-corrected chi connectivity index (χ3v) is 2.97. The lowest BCUT2D eigenvalue weighted by molar-refractivity contribution is 0.877. The zero-order valence-corrected chi connectivity index (χ0v) is 10.4. The van der Waals surface area contributed by atoms with Gasteiger partial charge in [-0.3, -0.25) is 4.98 Å². The normalized spacial score (nSPS) is 11.2. The molecule has 2 nitrogen and oxygen atoms in total. The van der Waals surface area contributed by atoms with E-state index in [1.54, 1.807) is 6.20 Å². The molecule has 15 heavy (non-hydrogen) atoms. The second-order valence-corrected chi connectivity index (χ2v) is 4.86. The number of rotatable bonds is 1. The van der Waals surface area contributed by atoms with Crippen LogP contribution in [-0.4, -0.2) is 4.98 Å². The summed E-state index contributed by atoms with van der Waals surface area (Å²) < 4.78 is 1.06. The van der Waals surface area contributed by atoms with E-state index in [2.05, 4.69) is 40.8 Å². The van der Waals surface area contributed by atoms with E-state index in [0.717, 1.165) is 21.1 Å². The number of fused-ring (bicyclic) bond motifs is 1. The van der Waals surface area contributed by atoms with Gasteiger partial charge in [-0.15, -0.1) is 0 Å². The average molecular weight is 265 g/mol. The van der Waals surface area contributed by atoms with E-state index in [4.69, 9.17) is 5.73 Å². The molecule has 0 amide bonds. The van der Waals surface area contributed by atoms with E-state index in [9.17, 15) is 0 Å². The zero-order chi connectivity index (χ0) is 11.0. The highest BCUT2D eigenvalue weighted by Crippen LogP contribution is 2.30. The Morgan fingerprint density at radius 1 is 1.33 bits per heavy atom. The number of hydrogen-bond acceptors (Lipinski definition) is 2. The molecule has 1 heterocycles. The predicted octanol–water partition coefficient (Wildman–Crippen LogP) is 3.70. The maximum Gasteiger partial charge on any atom is 0.0707 e. The van der Waals surface area contributed by atoms with Gasteiger partial charge in [-0.1, -0.05) is 29.8 Å². The molecule has 0 unspecified atom stereocenters. The van der Waals surface area contributed by atoms with Gasteiger partial charge in [0.15, 0.2) is 0 Å². The van der Waals surface area contributed by atoms with Crippen LogP contribution >= 0.6 is 15.9 Å². The van der Waals surface area contributed by atoms with Gasteiger partial charge in [-0.05, 0) is 29.7 Å². The van der Waals surface area contributed by atoms with Crippen molar-refractivity contribution in [3.05, 3.63) is 34.4 Å². The van der Waals surface area contributed by atoms with Gasteiger partial charge in [-0.25, -0.2) is 0 Å². The molecule has 78 valence electrons. The minimum Gasteiger partial charge on any atom is -0.397 e. The van der Waals surface area contributed by atoms with Crippen molar-refractivity contribution in [2.45, 2.75) is 19.8 Å². The highest BCUT2D eigenvalue weighted by atomic mass is 79.9. The molecule has 3 heteroatoms. The van der Waals surface area contributed by atoms with Crippen molar-refractivity contribution in [3.63, 3.8) is 0 Å². The van der Waals surface area contributed by atoms with Gasteiger partial charge in [0.1, 0.15) is 0 Å². The Hall–Kier alpha value is -1.09. The molecule has 0 bridgehead atoms. The fraction of sp³-hybridized carbons (Fsp3) is 0.250. The molecule has 1 aromatic heterocycles. The third-order valence-electron chi connectivity index (χ3n) is 2.48. The van der Waals surface area contributed by atoms with Crippen LogP contribution in [0.15, 0.2) is 28.9 Å². The lowest BCUT2D eigenvalue weighted by atomic mass is 9.97. The summed E-state index contributed by atoms with van der Waals surface area (Å²) in [5.74, 6) is 0.407. The standard InChI is InChI=1S/C12H13BrN2/c1-7(2)12-9-5-8(13)3-4-11(9)15-6-10(12)14/h3-7H,14H2,1-2H3. The molecule has 0 saturated heterocycles. The van der Waals surface area contributed by atoms with Crippen LogP contribution < -0.4 is 5.73 Å². The first-order valence-electron chi connectivity index (χ1n) is 4.93. The highest BCUT2D eigenvalue weighted by Gasteiger charge is 2.10. The molecule has 0 spiro atoms. The number of nitrogens with zero attached hydrogens (tertiary/aromatic N) is 1. The van der Waals surface area contributed by atoms with E-state index < -0.39 is 0 Å². The van der Waals surface area contributed by atoms with Crippen LogP contribution in [0.4, 0.5) is 5.69 Å². The SMILES string of the molecule is CC(C)c1c(N)cnc2ccc(Br)cc12. The summed E-state index contributed by atoms with van der Waals surface area (Å²) in [5.41, 5.74) is 8.91. The largest absolute Gasteiger partial charge is 0.397 e. The quantitative estimate of drug-likeness (QED) is 0.853. The minimum absolute atomic E-state index is 0.407. The van der Waals surface area contributed by atoms with Crippen LogP contribution in [0.25, 0.3) is 10.9 Å². The maximum absolute atomic E-state index is 5.96. The molecular weight excluding hydrogens is 252 g/mol. The number of hydrogen-bond donors (Lipinski definition) is 1. The molecule has 0 saturated carbocycles. The van der Waals surface area contributed by atoms with E-state index in [1.807, 2.05) is 12.1 Å². The Bertz CT molecular complexity index is 501. The van der Waals surface area contributed by atoms with Crippen molar-refractivity contribution in [1.82, 2.24) is 4.98 Å². The molecule has 0 radical (unpaired) electrons. The van der Waals surface area contributed by atoms with Gasteiger partial charge in [0.25, 0.3) is 0 Å². The number of anilines is 1. The number of nitrogens with two attached hydrogens (primary N) is 1. The summed E-state index contributed by atoms with van der Waals surface area (Å²) in [6.07, 6.45) is 1.74. The minimum atomic E-state index is 0.407. The molecular formula is C12H13BrN2. The highest BCUT2D eigenvalue weighted by molar-refractivity contribution is 9.10. The third kappa shape index (κ3) is 1.84. The summed E-state index contributed by atoms with van der Waals surface area (Å²) in [4.78, 5) is 4.32. The predicted molar refractivity (Wildman–Crippen MR) is 67.9 cm³/mol. The molecule has 2 N–H and O–H groups in total. The summed E-state index contributed by atoms with van der Waals surface area (Å²) in [5, 5.41) is 1.14. The topological polar surface area (TPSA) is 38.9 Å². The Morgan fingerprint density at radius 2 is 2.07 bits per heavy atom. The van der Waals surface area contributed by atoms with Crippen LogP contribution in [-0.2, 0) is 0 Å². The smallest absolute Gasteiger partial charge is 0.0707 e. The van der Waals surface area contributed by atoms with E-state index >= 15 is 0 Å². The second kappa shape index (κ2) is 3.81. The monoisotopic (exact) mass is 264 g/mol. The maximum atomic E-state index is 5.96. The van der Waals surface area contributed by atoms with Crippen molar-refractivity contribution >= 4 is 32.5 Å². The fourth-order valence-electron chi connectivity index (χ4n) is 1.85. The van der Waals surface area contributed by atoms with Crippen molar-refractivity contribution in [3.8, 4) is 0 Å². The molecule has 0 aliphatic carbocycles. The van der Waals surface area contributed by atoms with Gasteiger partial charge in [-0.2, -0.15) is 0 Å². The van der Waals surface area contributed by atoms with E-state index in [-0.39, 0.29) is 0 Å². The van der Waals surface area contributed by atoms with Crippen molar-refractivity contribution < 1.29 is 0 Å². The fourth-order valence-corrected chi connectivity index (χ4v) is 2.21. The van der Waals surface area contributed by atoms with Crippen LogP contribution in [0.1, 0.15) is 25.3 Å². The Kier molecular flexibility index (Phi) is 2.65. The average Bonchev–Trinajstić information content (AvgIpc) is 2.16. The molecule has 2 rings (SSSR count). The van der Waals surface area contributed by atoms with Gasteiger partial charge >= 0.3 is 0 Å². The summed E-state index contributed by atoms with van der Waals surface area (Å²) in [7, 11) is 0.